The fourth-order valence-electron chi connectivity index (χ4n) is 4.17. The van der Waals surface area contributed by atoms with Gasteiger partial charge in [-0.3, -0.25) is 9.52 Å². The summed E-state index contributed by atoms with van der Waals surface area (Å²) in [5.41, 5.74) is -1.38. The Hall–Kier alpha value is -3.46. The molecule has 0 saturated heterocycles. The largest absolute Gasteiger partial charge is 0.483 e. The number of nitrogens with one attached hydrogen (secondary N) is 1. The molecule has 1 aliphatic heterocycles. The Morgan fingerprint density at radius 3 is 2.38 bits per heavy atom. The van der Waals surface area contributed by atoms with E-state index in [2.05, 4.69) is 18.6 Å². The molecule has 4 rings (SSSR count). The van der Waals surface area contributed by atoms with Crippen molar-refractivity contribution in [3.63, 3.8) is 0 Å². The lowest BCUT2D eigenvalue weighted by Gasteiger charge is -2.32. The van der Waals surface area contributed by atoms with E-state index >= 15 is 0 Å². The second-order valence-corrected chi connectivity index (χ2v) is 10.6. The molecule has 11 heteroatoms. The molecule has 0 bridgehead atoms. The molecule has 0 saturated carbocycles. The van der Waals surface area contributed by atoms with Crippen molar-refractivity contribution in [1.29, 1.82) is 0 Å². The Bertz CT molecular complexity index is 1400. The van der Waals surface area contributed by atoms with Crippen molar-refractivity contribution < 1.29 is 28.5 Å². The monoisotopic (exact) mass is 551 g/mol. The highest BCUT2D eigenvalue weighted by Gasteiger charge is 2.40. The van der Waals surface area contributed by atoms with Gasteiger partial charge in [0, 0.05) is 4.90 Å². The third-order valence-corrected chi connectivity index (χ3v) is 7.12. The predicted octanol–water partition coefficient (Wildman–Crippen LogP) is 4.49. The highest BCUT2D eigenvalue weighted by atomic mass is 32.2. The molecule has 1 aliphatic rings. The molecule has 7 nitrogen and oxygen atoms in total. The van der Waals surface area contributed by atoms with Crippen LogP contribution in [0.15, 0.2) is 65.6 Å². The van der Waals surface area contributed by atoms with Gasteiger partial charge >= 0.3 is 5.97 Å². The van der Waals surface area contributed by atoms with E-state index < -0.39 is 23.0 Å². The van der Waals surface area contributed by atoms with E-state index in [4.69, 9.17) is 42.5 Å². The minimum absolute atomic E-state index is 0.209. The molecule has 0 fully saturated rings. The van der Waals surface area contributed by atoms with E-state index in [1.807, 2.05) is 31.2 Å². The van der Waals surface area contributed by atoms with Crippen LogP contribution in [0.2, 0.25) is 0 Å². The van der Waals surface area contributed by atoms with E-state index in [1.165, 1.54) is 18.7 Å². The van der Waals surface area contributed by atoms with E-state index in [0.717, 1.165) is 23.3 Å². The number of aryl methyl sites for hydroxylation is 1. The maximum Gasteiger partial charge on any atom is 0.337 e. The lowest BCUT2D eigenvalue weighted by atomic mass is 9.74. The van der Waals surface area contributed by atoms with E-state index in [1.54, 1.807) is 30.3 Å². The molecule has 3 aromatic carbocycles. The first kappa shape index (κ1) is 29.5. The SMILES string of the molecule is [B]C1([B])Oc2ccc(C([B])(Oc3ccc(C(=O)OC)cc3CCC)C(=O)NSc3ccc(C(C)C)cc3)cc2O1. The number of rotatable bonds is 10. The number of esters is 1. The summed E-state index contributed by atoms with van der Waals surface area (Å²) in [5, 5.41) is 0. The van der Waals surface area contributed by atoms with Crippen LogP contribution in [0, 0.1) is 0 Å². The number of hydrogen-bond acceptors (Lipinski definition) is 7. The van der Waals surface area contributed by atoms with E-state index in [0.29, 0.717) is 35.0 Å². The molecular formula is C29H28B3NO6S. The number of amides is 1. The van der Waals surface area contributed by atoms with Crippen LogP contribution in [0.5, 0.6) is 17.2 Å². The summed E-state index contributed by atoms with van der Waals surface area (Å²) in [6.07, 6.45) is 1.32. The average Bonchev–Trinajstić information content (AvgIpc) is 3.25. The van der Waals surface area contributed by atoms with Crippen molar-refractivity contribution >= 4 is 47.4 Å². The maximum absolute atomic E-state index is 13.8. The maximum atomic E-state index is 13.8. The number of benzene rings is 3. The van der Waals surface area contributed by atoms with Gasteiger partial charge in [-0.2, -0.15) is 0 Å². The second kappa shape index (κ2) is 12.0. The van der Waals surface area contributed by atoms with Gasteiger partial charge in [0.2, 0.25) is 0 Å². The quantitative estimate of drug-likeness (QED) is 0.226. The number of carbonyl (C=O) groups is 2. The Labute approximate surface area is 243 Å². The van der Waals surface area contributed by atoms with E-state index in [9.17, 15) is 9.59 Å². The summed E-state index contributed by atoms with van der Waals surface area (Å²) >= 11 is 1.11. The molecule has 3 aromatic rings. The van der Waals surface area contributed by atoms with Gasteiger partial charge in [-0.15, -0.1) is 0 Å². The summed E-state index contributed by atoms with van der Waals surface area (Å²) in [7, 11) is 19.6. The molecule has 40 heavy (non-hydrogen) atoms. The summed E-state index contributed by atoms with van der Waals surface area (Å²) in [6, 6.07) is 17.3. The third kappa shape index (κ3) is 6.46. The fraction of sp³-hybridized carbons (Fsp3) is 0.310. The highest BCUT2D eigenvalue weighted by molar-refractivity contribution is 7.98. The molecule has 6 radical (unpaired) electrons. The van der Waals surface area contributed by atoms with Gasteiger partial charge in [0.1, 0.15) is 5.75 Å². The zero-order chi connectivity index (χ0) is 29.1. The molecule has 1 heterocycles. The Morgan fingerprint density at radius 2 is 1.73 bits per heavy atom. The molecule has 1 amide bonds. The Kier molecular flexibility index (Phi) is 8.83. The second-order valence-electron chi connectivity index (χ2n) is 9.75. The molecule has 200 valence electrons. The zero-order valence-corrected chi connectivity index (χ0v) is 23.7. The summed E-state index contributed by atoms with van der Waals surface area (Å²) < 4.78 is 24.8. The van der Waals surface area contributed by atoms with Crippen LogP contribution in [-0.2, 0) is 21.5 Å². The van der Waals surface area contributed by atoms with Crippen molar-refractivity contribution in [2.75, 3.05) is 7.11 Å². The number of ether oxygens (including phenoxy) is 4. The standard InChI is InChI=1S/C29H28B3NO6S/c1-5-6-19-15-20(26(34)36-4)9-13-23(19)37-28(30,21-10-14-24-25(16-21)39-29(31,32)38-24)27(35)33-40-22-11-7-18(8-12-22)17(2)3/h7-17H,5-6H2,1-4H3,(H,33,35). The van der Waals surface area contributed by atoms with Crippen LogP contribution in [0.25, 0.3) is 0 Å². The molecule has 0 aromatic heterocycles. The molecule has 0 spiro atoms. The third-order valence-electron chi connectivity index (χ3n) is 6.33. The highest BCUT2D eigenvalue weighted by Crippen LogP contribution is 2.41. The van der Waals surface area contributed by atoms with Crippen LogP contribution in [-0.4, -0.2) is 48.1 Å². The molecule has 1 N–H and O–H groups in total. The number of fused-ring (bicyclic) bond motifs is 1. The molecule has 0 aliphatic carbocycles. The summed E-state index contributed by atoms with van der Waals surface area (Å²) in [4.78, 5) is 26.7. The number of methoxy groups -OCH3 is 1. The van der Waals surface area contributed by atoms with Gasteiger partial charge in [-0.05, 0) is 83.4 Å². The van der Waals surface area contributed by atoms with Gasteiger partial charge in [0.05, 0.1) is 12.7 Å². The summed E-state index contributed by atoms with van der Waals surface area (Å²) in [5.74, 6) is 0.112. The minimum atomic E-state index is -2.02. The van der Waals surface area contributed by atoms with Crippen molar-refractivity contribution in [2.24, 2.45) is 0 Å². The van der Waals surface area contributed by atoms with Gasteiger partial charge in [0.15, 0.2) is 46.1 Å². The van der Waals surface area contributed by atoms with Crippen molar-refractivity contribution in [1.82, 2.24) is 4.72 Å². The molecule has 1 unspecified atom stereocenters. The first-order chi connectivity index (χ1) is 19.0. The van der Waals surface area contributed by atoms with Crippen LogP contribution in [0.3, 0.4) is 0 Å². The first-order valence-corrected chi connectivity index (χ1v) is 13.6. The Balaban J connectivity index is 1.69. The van der Waals surface area contributed by atoms with Gasteiger partial charge in [0.25, 0.3) is 5.91 Å². The molecule has 1 atom stereocenters. The van der Waals surface area contributed by atoms with Gasteiger partial charge < -0.3 is 18.9 Å². The van der Waals surface area contributed by atoms with Crippen LogP contribution < -0.4 is 18.9 Å². The van der Waals surface area contributed by atoms with Crippen LogP contribution in [0.1, 0.15) is 60.2 Å². The van der Waals surface area contributed by atoms with Crippen molar-refractivity contribution in [3.05, 3.63) is 82.9 Å². The van der Waals surface area contributed by atoms with Crippen molar-refractivity contribution in [3.8, 4) is 17.2 Å². The topological polar surface area (TPSA) is 83.1 Å². The van der Waals surface area contributed by atoms with Gasteiger partial charge in [-0.25, -0.2) is 4.79 Å². The average molecular weight is 551 g/mol. The normalized spacial score (nSPS) is 14.8. The van der Waals surface area contributed by atoms with Crippen molar-refractivity contribution in [2.45, 2.75) is 55.5 Å². The smallest absolute Gasteiger partial charge is 0.337 e. The first-order valence-electron chi connectivity index (χ1n) is 12.8. The lowest BCUT2D eigenvalue weighted by Crippen LogP contribution is -2.47. The number of hydrogen-bond donors (Lipinski definition) is 1. The van der Waals surface area contributed by atoms with Crippen LogP contribution >= 0.6 is 11.9 Å². The zero-order valence-electron chi connectivity index (χ0n) is 22.9. The van der Waals surface area contributed by atoms with Crippen LogP contribution in [0.4, 0.5) is 0 Å². The Morgan fingerprint density at radius 1 is 1.02 bits per heavy atom. The fourth-order valence-corrected chi connectivity index (χ4v) is 4.80. The minimum Gasteiger partial charge on any atom is -0.483 e. The predicted molar refractivity (Wildman–Crippen MR) is 156 cm³/mol. The summed E-state index contributed by atoms with van der Waals surface area (Å²) in [6.45, 7) is 6.21. The lowest BCUT2D eigenvalue weighted by molar-refractivity contribution is -0.129. The van der Waals surface area contributed by atoms with Gasteiger partial charge in [-0.1, -0.05) is 45.4 Å². The van der Waals surface area contributed by atoms with E-state index in [-0.39, 0.29) is 11.3 Å². The number of carbonyl (C=O) groups excluding carboxylic acids is 2. The molecular weight excluding hydrogens is 523 g/mol.